The van der Waals surface area contributed by atoms with E-state index in [4.69, 9.17) is 19.4 Å². The van der Waals surface area contributed by atoms with Crippen molar-refractivity contribution < 1.29 is 28.7 Å². The fourth-order valence-electron chi connectivity index (χ4n) is 13.1. The van der Waals surface area contributed by atoms with E-state index in [-0.39, 0.29) is 36.4 Å². The molecule has 6 atom stereocenters. The summed E-state index contributed by atoms with van der Waals surface area (Å²) in [4.78, 5) is 70.8. The van der Waals surface area contributed by atoms with Gasteiger partial charge in [-0.15, -0.1) is 0 Å². The molecule has 1 amide bonds. The van der Waals surface area contributed by atoms with Crippen LogP contribution in [0.3, 0.4) is 0 Å². The van der Waals surface area contributed by atoms with Gasteiger partial charge in [0.05, 0.1) is 70.6 Å². The van der Waals surface area contributed by atoms with Crippen LogP contribution >= 0.6 is 0 Å². The number of nitrogens with zero attached hydrogens (tertiary/aromatic N) is 6. The second-order valence-corrected chi connectivity index (χ2v) is 21.5. The van der Waals surface area contributed by atoms with Gasteiger partial charge in [0.2, 0.25) is 5.91 Å². The minimum atomic E-state index is -0.808. The SMILES string of the molecule is Cc1ccc2c3c(ccc2c1)C(=O)c1c(ccc2c1NC1(C)CC2OC(C)C1OC(=O)CCC(=O)NCCCCn1c(CN2CCCC2C2CCCN2Cc2nc4ccccc4n2C)nc2ccccc21)C3=O. The van der Waals surface area contributed by atoms with Crippen molar-refractivity contribution >= 4 is 62.0 Å². The smallest absolute Gasteiger partial charge is 0.306 e. The average Bonchev–Trinajstić information content (AvgIpc) is 4.19. The Morgan fingerprint density at radius 1 is 0.808 bits per heavy atom. The van der Waals surface area contributed by atoms with Gasteiger partial charge in [0.1, 0.15) is 11.6 Å². The van der Waals surface area contributed by atoms with Crippen LogP contribution in [-0.4, -0.2) is 102 Å². The zero-order valence-corrected chi connectivity index (χ0v) is 42.3. The molecule has 0 saturated carbocycles. The third kappa shape index (κ3) is 8.50. The number of ether oxygens (including phenoxy) is 2. The van der Waals surface area contributed by atoms with Crippen LogP contribution in [0.5, 0.6) is 0 Å². The molecule has 0 radical (unpaired) electrons. The Morgan fingerprint density at radius 2 is 1.48 bits per heavy atom. The van der Waals surface area contributed by atoms with Gasteiger partial charge < -0.3 is 29.2 Å². The lowest BCUT2D eigenvalue weighted by Gasteiger charge is -2.52. The van der Waals surface area contributed by atoms with Crippen LogP contribution in [0.2, 0.25) is 0 Å². The van der Waals surface area contributed by atoms with Crippen molar-refractivity contribution in [2.75, 3.05) is 25.0 Å². The Hall–Kier alpha value is -6.74. The predicted octanol–water partition coefficient (Wildman–Crippen LogP) is 9.11. The number of fused-ring (bicyclic) bond motifs is 11. The lowest BCUT2D eigenvalue weighted by Crippen LogP contribution is -2.61. The number of aromatic nitrogens is 4. The summed E-state index contributed by atoms with van der Waals surface area (Å²) in [6, 6.07) is 30.9. The Balaban J connectivity index is 0.644. The first-order valence-corrected chi connectivity index (χ1v) is 26.4. The molecule has 5 aliphatic rings. The number of carbonyl (C=O) groups excluding carboxylic acids is 4. The second-order valence-electron chi connectivity index (χ2n) is 21.5. The van der Waals surface area contributed by atoms with Gasteiger partial charge in [-0.2, -0.15) is 0 Å². The molecule has 73 heavy (non-hydrogen) atoms. The van der Waals surface area contributed by atoms with Crippen molar-refractivity contribution in [3.8, 4) is 0 Å². The van der Waals surface area contributed by atoms with Crippen LogP contribution < -0.4 is 10.6 Å². The minimum absolute atomic E-state index is 0.00162. The van der Waals surface area contributed by atoms with Crippen LogP contribution in [-0.2, 0) is 45.7 Å². The van der Waals surface area contributed by atoms with E-state index >= 15 is 0 Å². The van der Waals surface area contributed by atoms with E-state index in [1.165, 1.54) is 31.2 Å². The molecular formula is C59H64N8O6. The lowest BCUT2D eigenvalue weighted by atomic mass is 9.73. The molecule has 12 rings (SSSR count). The summed E-state index contributed by atoms with van der Waals surface area (Å²) in [5.41, 5.74) is 7.46. The first-order chi connectivity index (χ1) is 35.4. The Labute approximate surface area is 425 Å². The predicted molar refractivity (Wildman–Crippen MR) is 281 cm³/mol. The molecule has 5 aromatic carbocycles. The summed E-state index contributed by atoms with van der Waals surface area (Å²) in [6.07, 6.45) is 5.24. The Morgan fingerprint density at radius 3 is 2.25 bits per heavy atom. The van der Waals surface area contributed by atoms with Gasteiger partial charge in [0, 0.05) is 67.3 Å². The number of benzene rings is 5. The highest BCUT2D eigenvalue weighted by Crippen LogP contribution is 2.50. The molecule has 3 saturated heterocycles. The normalized spacial score (nSPS) is 23.7. The molecule has 14 heteroatoms. The van der Waals surface area contributed by atoms with Gasteiger partial charge in [-0.1, -0.05) is 60.2 Å². The number of aryl methyl sites for hydroxylation is 3. The molecular weight excluding hydrogens is 917 g/mol. The summed E-state index contributed by atoms with van der Waals surface area (Å²) in [5.74, 6) is 1.09. The van der Waals surface area contributed by atoms with Crippen molar-refractivity contribution in [1.82, 2.24) is 34.2 Å². The van der Waals surface area contributed by atoms with E-state index in [9.17, 15) is 19.2 Å². The molecule has 2 bridgehead atoms. The molecule has 6 heterocycles. The molecule has 7 aromatic rings. The minimum Gasteiger partial charge on any atom is -0.457 e. The third-order valence-corrected chi connectivity index (χ3v) is 16.7. The van der Waals surface area contributed by atoms with E-state index in [2.05, 4.69) is 85.1 Å². The number of unbranched alkanes of at least 4 members (excludes halogenated alkanes) is 1. The van der Waals surface area contributed by atoms with Gasteiger partial charge in [-0.25, -0.2) is 9.97 Å². The molecule has 6 unspecified atom stereocenters. The molecule has 2 N–H and O–H groups in total. The maximum Gasteiger partial charge on any atom is 0.306 e. The topological polar surface area (TPSA) is 153 Å². The van der Waals surface area contributed by atoms with Crippen LogP contribution in [0.15, 0.2) is 91.0 Å². The highest BCUT2D eigenvalue weighted by Gasteiger charge is 2.53. The monoisotopic (exact) mass is 980 g/mol. The number of esters is 1. The molecule has 0 spiro atoms. The average molecular weight is 981 g/mol. The van der Waals surface area contributed by atoms with Crippen molar-refractivity contribution in [3.63, 3.8) is 0 Å². The first-order valence-electron chi connectivity index (χ1n) is 26.4. The van der Waals surface area contributed by atoms with E-state index in [1.807, 2.05) is 51.1 Å². The number of likely N-dealkylation sites (tertiary alicyclic amines) is 2. The van der Waals surface area contributed by atoms with E-state index in [0.717, 1.165) is 95.7 Å². The quantitative estimate of drug-likeness (QED) is 0.0793. The number of para-hydroxylation sites is 4. The van der Waals surface area contributed by atoms with Crippen molar-refractivity contribution in [2.45, 2.75) is 134 Å². The largest absolute Gasteiger partial charge is 0.457 e. The number of anilines is 1. The molecule has 4 aliphatic heterocycles. The standard InChI is InChI=1S/C59H64N8O6/c1-35-19-21-38-37(31-35)20-22-40-53(38)56(70)41-24-23-39-48-32-59(3,63-55(39)54(41)57(40)71)58(36(2)72-48)73-52(69)26-25-51(68)60-27-9-10-30-67-45-16-8-6-14-43(45)62-50(67)34-66-29-12-18-47(66)46-17-11-28-65(46)33-49-61-42-13-5-7-15-44(42)64(49)4/h5-8,13-16,19-24,31,36,46-48,58,63H,9-12,17-18,25-30,32-34H2,1-4H3,(H,60,68). The van der Waals surface area contributed by atoms with Crippen molar-refractivity contribution in [2.24, 2.45) is 7.05 Å². The van der Waals surface area contributed by atoms with Crippen LogP contribution in [0.25, 0.3) is 32.8 Å². The number of nitrogens with one attached hydrogen (secondary N) is 2. The van der Waals surface area contributed by atoms with Gasteiger partial charge in [0.15, 0.2) is 17.7 Å². The van der Waals surface area contributed by atoms with Crippen LogP contribution in [0, 0.1) is 6.92 Å². The Kier molecular flexibility index (Phi) is 12.3. The fourth-order valence-corrected chi connectivity index (χ4v) is 13.1. The van der Waals surface area contributed by atoms with E-state index in [1.54, 1.807) is 12.1 Å². The number of imidazole rings is 2. The summed E-state index contributed by atoms with van der Waals surface area (Å²) >= 11 is 0. The summed E-state index contributed by atoms with van der Waals surface area (Å²) in [7, 11) is 2.14. The van der Waals surface area contributed by atoms with Gasteiger partial charge in [-0.3, -0.25) is 29.0 Å². The highest BCUT2D eigenvalue weighted by molar-refractivity contribution is 6.33. The maximum atomic E-state index is 14.4. The molecule has 376 valence electrons. The zero-order valence-electron chi connectivity index (χ0n) is 42.3. The molecule has 2 aromatic heterocycles. The lowest BCUT2D eigenvalue weighted by molar-refractivity contribution is -0.183. The first kappa shape index (κ1) is 47.3. The number of hydrogen-bond donors (Lipinski definition) is 2. The summed E-state index contributed by atoms with van der Waals surface area (Å²) in [5, 5.41) is 8.30. The summed E-state index contributed by atoms with van der Waals surface area (Å²) < 4.78 is 17.3. The molecule has 14 nitrogen and oxygen atoms in total. The highest BCUT2D eigenvalue weighted by atomic mass is 16.6. The van der Waals surface area contributed by atoms with Crippen molar-refractivity contribution in [1.29, 1.82) is 0 Å². The number of rotatable bonds is 14. The van der Waals surface area contributed by atoms with Crippen LogP contribution in [0.4, 0.5) is 5.69 Å². The van der Waals surface area contributed by atoms with Gasteiger partial charge in [0.25, 0.3) is 0 Å². The fraction of sp³-hybridized carbons (Fsp3) is 0.424. The number of hydrogen-bond acceptors (Lipinski definition) is 11. The molecule has 1 aliphatic carbocycles. The van der Waals surface area contributed by atoms with E-state index in [0.29, 0.717) is 53.0 Å². The maximum absolute atomic E-state index is 14.4. The number of amides is 1. The number of carbonyl (C=O) groups is 4. The third-order valence-electron chi connectivity index (χ3n) is 16.7. The number of ketones is 2. The van der Waals surface area contributed by atoms with Crippen molar-refractivity contribution in [3.05, 3.63) is 136 Å². The molecule has 3 fully saturated rings. The zero-order chi connectivity index (χ0) is 50.1. The summed E-state index contributed by atoms with van der Waals surface area (Å²) in [6.45, 7) is 10.9. The second kappa shape index (κ2) is 18.9. The Bertz CT molecular complexity index is 3360. The van der Waals surface area contributed by atoms with Crippen LogP contribution in [0.1, 0.15) is 132 Å². The van der Waals surface area contributed by atoms with Gasteiger partial charge in [-0.05, 0) is 120 Å². The van der Waals surface area contributed by atoms with E-state index < -0.39 is 23.7 Å². The van der Waals surface area contributed by atoms with Gasteiger partial charge >= 0.3 is 5.97 Å².